The molecule has 0 spiro atoms. The minimum atomic E-state index is 0.559. The van der Waals surface area contributed by atoms with Gasteiger partial charge in [0.15, 0.2) is 11.5 Å². The number of fused-ring (bicyclic) bond motifs is 1. The topological polar surface area (TPSA) is 69.7 Å². The minimum absolute atomic E-state index is 0.559. The maximum Gasteiger partial charge on any atom is 0.226 e. The lowest BCUT2D eigenvalue weighted by molar-refractivity contribution is 0.550. The van der Waals surface area contributed by atoms with Gasteiger partial charge in [-0.1, -0.05) is 25.7 Å². The summed E-state index contributed by atoms with van der Waals surface area (Å²) in [5.41, 5.74) is 1.67. The molecule has 6 heteroatoms. The Morgan fingerprint density at radius 3 is 2.71 bits per heavy atom. The lowest BCUT2D eigenvalue weighted by Gasteiger charge is -2.28. The fraction of sp³-hybridized carbons (Fsp3) is 0.667. The number of aromatic nitrogens is 4. The molecule has 3 rings (SSSR count). The van der Waals surface area contributed by atoms with E-state index in [0.29, 0.717) is 12.0 Å². The van der Waals surface area contributed by atoms with Gasteiger partial charge in [-0.25, -0.2) is 4.98 Å². The van der Waals surface area contributed by atoms with Crippen LogP contribution in [0.4, 0.5) is 11.8 Å². The first kappa shape index (κ1) is 14.1. The van der Waals surface area contributed by atoms with Gasteiger partial charge in [0.05, 0.1) is 6.33 Å². The Morgan fingerprint density at radius 1 is 1.24 bits per heavy atom. The molecule has 6 nitrogen and oxygen atoms in total. The quantitative estimate of drug-likeness (QED) is 0.846. The number of H-pyrrole nitrogens is 1. The highest BCUT2D eigenvalue weighted by atomic mass is 15.2. The standard InChI is InChI=1S/C15H24N6/c1-3-16-15-19-13-12(17-10-18-13)14(20-15)21(2)11-8-6-4-5-7-9-11/h10-11H,3-9H2,1-2H3,(H2,16,17,18,19,20). The van der Waals surface area contributed by atoms with Crippen LogP contribution in [0.5, 0.6) is 0 Å². The summed E-state index contributed by atoms with van der Waals surface area (Å²) in [5, 5.41) is 3.20. The average Bonchev–Trinajstić information content (AvgIpc) is 2.79. The van der Waals surface area contributed by atoms with E-state index in [9.17, 15) is 0 Å². The number of nitrogens with zero attached hydrogens (tertiary/aromatic N) is 4. The second kappa shape index (κ2) is 6.28. The van der Waals surface area contributed by atoms with Crippen molar-refractivity contribution < 1.29 is 0 Å². The van der Waals surface area contributed by atoms with Gasteiger partial charge in [-0.15, -0.1) is 0 Å². The Bertz CT molecular complexity index is 585. The van der Waals surface area contributed by atoms with Crippen molar-refractivity contribution >= 4 is 22.9 Å². The van der Waals surface area contributed by atoms with E-state index >= 15 is 0 Å². The molecular formula is C15H24N6. The summed E-state index contributed by atoms with van der Waals surface area (Å²) in [5.74, 6) is 1.62. The van der Waals surface area contributed by atoms with Crippen LogP contribution in [0.1, 0.15) is 45.4 Å². The van der Waals surface area contributed by atoms with Crippen LogP contribution in [0, 0.1) is 0 Å². The normalized spacial score (nSPS) is 16.9. The summed E-state index contributed by atoms with van der Waals surface area (Å²) in [6, 6.07) is 0.559. The fourth-order valence-corrected chi connectivity index (χ4v) is 3.13. The van der Waals surface area contributed by atoms with Gasteiger partial charge >= 0.3 is 0 Å². The van der Waals surface area contributed by atoms with Crippen molar-refractivity contribution in [3.63, 3.8) is 0 Å². The molecule has 0 aromatic carbocycles. The third-order valence-electron chi connectivity index (χ3n) is 4.31. The number of imidazole rings is 1. The molecule has 0 unspecified atom stereocenters. The van der Waals surface area contributed by atoms with Crippen LogP contribution < -0.4 is 10.2 Å². The summed E-state index contributed by atoms with van der Waals surface area (Å²) in [4.78, 5) is 18.9. The molecule has 0 atom stereocenters. The van der Waals surface area contributed by atoms with Gasteiger partial charge in [0.2, 0.25) is 5.95 Å². The number of aromatic amines is 1. The fourth-order valence-electron chi connectivity index (χ4n) is 3.13. The van der Waals surface area contributed by atoms with E-state index < -0.39 is 0 Å². The Balaban J connectivity index is 1.94. The number of anilines is 2. The smallest absolute Gasteiger partial charge is 0.226 e. The van der Waals surface area contributed by atoms with Crippen LogP contribution in [0.15, 0.2) is 6.33 Å². The average molecular weight is 288 g/mol. The molecule has 1 saturated carbocycles. The number of hydrogen-bond acceptors (Lipinski definition) is 5. The maximum absolute atomic E-state index is 4.70. The second-order valence-electron chi connectivity index (χ2n) is 5.76. The van der Waals surface area contributed by atoms with Crippen molar-refractivity contribution in [3.05, 3.63) is 6.33 Å². The molecule has 0 aliphatic heterocycles. The molecule has 2 N–H and O–H groups in total. The van der Waals surface area contributed by atoms with Crippen LogP contribution in [0.2, 0.25) is 0 Å². The molecule has 2 aromatic rings. The van der Waals surface area contributed by atoms with Crippen LogP contribution in [0.3, 0.4) is 0 Å². The minimum Gasteiger partial charge on any atom is -0.355 e. The molecular weight excluding hydrogens is 264 g/mol. The van der Waals surface area contributed by atoms with Crippen LogP contribution in [0.25, 0.3) is 11.2 Å². The molecule has 2 heterocycles. The SMILES string of the molecule is CCNc1nc(N(C)C2CCCCCC2)c2[nH]cnc2n1. The van der Waals surface area contributed by atoms with E-state index in [4.69, 9.17) is 4.98 Å². The Labute approximate surface area is 125 Å². The molecule has 0 saturated heterocycles. The van der Waals surface area contributed by atoms with E-state index in [1.54, 1.807) is 6.33 Å². The molecule has 1 aliphatic carbocycles. The highest BCUT2D eigenvalue weighted by Crippen LogP contribution is 2.28. The molecule has 21 heavy (non-hydrogen) atoms. The Morgan fingerprint density at radius 2 is 2.00 bits per heavy atom. The monoisotopic (exact) mass is 288 g/mol. The van der Waals surface area contributed by atoms with E-state index in [0.717, 1.165) is 23.5 Å². The zero-order valence-corrected chi connectivity index (χ0v) is 12.9. The third kappa shape index (κ3) is 2.94. The summed E-state index contributed by atoms with van der Waals surface area (Å²) in [6.45, 7) is 2.86. The van der Waals surface area contributed by atoms with Crippen LogP contribution >= 0.6 is 0 Å². The molecule has 2 aromatic heterocycles. The Kier molecular flexibility index (Phi) is 4.22. The largest absolute Gasteiger partial charge is 0.355 e. The summed E-state index contributed by atoms with van der Waals surface area (Å²) in [6.07, 6.45) is 9.52. The lowest BCUT2D eigenvalue weighted by atomic mass is 10.1. The van der Waals surface area contributed by atoms with Gasteiger partial charge in [0.25, 0.3) is 0 Å². The van der Waals surface area contributed by atoms with Crippen molar-refractivity contribution in [1.82, 2.24) is 19.9 Å². The molecule has 1 fully saturated rings. The first-order valence-corrected chi connectivity index (χ1v) is 7.97. The van der Waals surface area contributed by atoms with Gasteiger partial charge in [-0.2, -0.15) is 9.97 Å². The predicted octanol–water partition coefficient (Wildman–Crippen LogP) is 2.94. The molecule has 114 valence electrons. The van der Waals surface area contributed by atoms with Gasteiger partial charge < -0.3 is 15.2 Å². The van der Waals surface area contributed by atoms with E-state index in [2.05, 4.69) is 32.2 Å². The Hall–Kier alpha value is -1.85. The predicted molar refractivity (Wildman–Crippen MR) is 85.7 cm³/mol. The lowest BCUT2D eigenvalue weighted by Crippen LogP contribution is -2.32. The number of rotatable bonds is 4. The van der Waals surface area contributed by atoms with Gasteiger partial charge in [-0.05, 0) is 19.8 Å². The maximum atomic E-state index is 4.70. The molecule has 1 aliphatic rings. The van der Waals surface area contributed by atoms with Gasteiger partial charge in [0.1, 0.15) is 5.52 Å². The van der Waals surface area contributed by atoms with E-state index in [1.807, 2.05) is 6.92 Å². The van der Waals surface area contributed by atoms with Crippen molar-refractivity contribution in [1.29, 1.82) is 0 Å². The molecule has 0 amide bonds. The summed E-state index contributed by atoms with van der Waals surface area (Å²) in [7, 11) is 2.15. The molecule has 0 bridgehead atoms. The number of nitrogens with one attached hydrogen (secondary N) is 2. The van der Waals surface area contributed by atoms with Gasteiger partial charge in [0, 0.05) is 19.6 Å². The number of hydrogen-bond donors (Lipinski definition) is 2. The van der Waals surface area contributed by atoms with Crippen molar-refractivity contribution in [2.75, 3.05) is 23.8 Å². The van der Waals surface area contributed by atoms with Crippen molar-refractivity contribution in [2.24, 2.45) is 0 Å². The van der Waals surface area contributed by atoms with E-state index in [1.165, 1.54) is 38.5 Å². The van der Waals surface area contributed by atoms with Crippen molar-refractivity contribution in [2.45, 2.75) is 51.5 Å². The zero-order chi connectivity index (χ0) is 14.7. The van der Waals surface area contributed by atoms with E-state index in [-0.39, 0.29) is 0 Å². The zero-order valence-electron chi connectivity index (χ0n) is 12.9. The molecule has 0 radical (unpaired) electrons. The summed E-state index contributed by atoms with van der Waals surface area (Å²) < 4.78 is 0. The van der Waals surface area contributed by atoms with Crippen LogP contribution in [-0.4, -0.2) is 39.6 Å². The highest BCUT2D eigenvalue weighted by molar-refractivity contribution is 5.84. The third-order valence-corrected chi connectivity index (χ3v) is 4.31. The second-order valence-corrected chi connectivity index (χ2v) is 5.76. The van der Waals surface area contributed by atoms with Crippen LogP contribution in [-0.2, 0) is 0 Å². The van der Waals surface area contributed by atoms with Gasteiger partial charge in [-0.3, -0.25) is 0 Å². The first-order valence-electron chi connectivity index (χ1n) is 7.97. The summed E-state index contributed by atoms with van der Waals surface area (Å²) >= 11 is 0. The first-order chi connectivity index (χ1) is 10.3. The van der Waals surface area contributed by atoms with Crippen molar-refractivity contribution in [3.8, 4) is 0 Å². The highest BCUT2D eigenvalue weighted by Gasteiger charge is 2.21.